The molecule has 0 spiro atoms. The first-order chi connectivity index (χ1) is 10.6. The predicted octanol–water partition coefficient (Wildman–Crippen LogP) is 3.84. The van der Waals surface area contributed by atoms with Crippen molar-refractivity contribution in [3.63, 3.8) is 0 Å². The summed E-state index contributed by atoms with van der Waals surface area (Å²) < 4.78 is 0. The molecule has 1 aromatic heterocycles. The number of nitrogens with one attached hydrogen (secondary N) is 1. The third-order valence-corrected chi connectivity index (χ3v) is 4.27. The largest absolute Gasteiger partial charge is 0.361 e. The fourth-order valence-electron chi connectivity index (χ4n) is 2.93. The molecule has 1 aliphatic rings. The van der Waals surface area contributed by atoms with Gasteiger partial charge in [-0.1, -0.05) is 30.7 Å². The molecule has 4 nitrogen and oxygen atoms in total. The van der Waals surface area contributed by atoms with Crippen LogP contribution in [0, 0.1) is 6.92 Å². The molecular formula is C17H21ClN4. The van der Waals surface area contributed by atoms with Crippen molar-refractivity contribution in [3.05, 3.63) is 46.7 Å². The maximum atomic E-state index is 6.30. The molecule has 1 unspecified atom stereocenters. The smallest absolute Gasteiger partial charge is 0.154 e. The second-order valence-electron chi connectivity index (χ2n) is 5.59. The van der Waals surface area contributed by atoms with Crippen LogP contribution in [-0.2, 0) is 6.42 Å². The first-order valence-electron chi connectivity index (χ1n) is 7.66. The van der Waals surface area contributed by atoms with Gasteiger partial charge in [-0.15, -0.1) is 0 Å². The monoisotopic (exact) mass is 316 g/mol. The van der Waals surface area contributed by atoms with Gasteiger partial charge in [-0.2, -0.15) is 0 Å². The number of rotatable bonds is 4. The van der Waals surface area contributed by atoms with Crippen LogP contribution in [0.25, 0.3) is 0 Å². The van der Waals surface area contributed by atoms with Crippen LogP contribution in [0.2, 0.25) is 5.15 Å². The zero-order valence-electron chi connectivity index (χ0n) is 12.9. The minimum atomic E-state index is 0.191. The standard InChI is InChI=1S/C17H21ClN4/c1-3-15-21-16-14(10-11(2)20-17(16)18)22(15)13-6-4-12(5-7-13)8-9-19/h4-7,10,15,21H,3,8-9,19H2,1-2H3. The predicted molar refractivity (Wildman–Crippen MR) is 93.0 cm³/mol. The van der Waals surface area contributed by atoms with Gasteiger partial charge in [-0.3, -0.25) is 0 Å². The van der Waals surface area contributed by atoms with E-state index in [2.05, 4.69) is 52.5 Å². The molecule has 0 radical (unpaired) electrons. The van der Waals surface area contributed by atoms with Crippen molar-refractivity contribution >= 4 is 28.7 Å². The lowest BCUT2D eigenvalue weighted by atomic mass is 10.1. The van der Waals surface area contributed by atoms with Crippen LogP contribution in [0.4, 0.5) is 17.1 Å². The van der Waals surface area contributed by atoms with E-state index in [0.29, 0.717) is 11.7 Å². The molecule has 116 valence electrons. The van der Waals surface area contributed by atoms with E-state index in [1.807, 2.05) is 6.92 Å². The fraction of sp³-hybridized carbons (Fsp3) is 0.353. The minimum absolute atomic E-state index is 0.191. The van der Waals surface area contributed by atoms with Crippen LogP contribution in [-0.4, -0.2) is 17.7 Å². The SMILES string of the molecule is CCC1Nc2c(cc(C)nc2Cl)N1c1ccc(CCN)cc1. The number of halogens is 1. The summed E-state index contributed by atoms with van der Waals surface area (Å²) in [6.07, 6.45) is 2.06. The van der Waals surface area contributed by atoms with E-state index in [1.165, 1.54) is 5.56 Å². The molecular weight excluding hydrogens is 296 g/mol. The van der Waals surface area contributed by atoms with Crippen LogP contribution < -0.4 is 16.0 Å². The lowest BCUT2D eigenvalue weighted by Gasteiger charge is -2.26. The molecule has 22 heavy (non-hydrogen) atoms. The number of nitrogens with two attached hydrogens (primary N) is 1. The molecule has 1 atom stereocenters. The molecule has 5 heteroatoms. The Kier molecular flexibility index (Phi) is 4.23. The van der Waals surface area contributed by atoms with Gasteiger partial charge in [0.05, 0.1) is 11.4 Å². The number of benzene rings is 1. The number of hydrogen-bond donors (Lipinski definition) is 2. The molecule has 3 rings (SSSR count). The molecule has 0 fully saturated rings. The molecule has 2 heterocycles. The highest BCUT2D eigenvalue weighted by atomic mass is 35.5. The Hall–Kier alpha value is -1.78. The van der Waals surface area contributed by atoms with Crippen LogP contribution in [0.15, 0.2) is 30.3 Å². The number of pyridine rings is 1. The van der Waals surface area contributed by atoms with Gasteiger partial charge in [-0.25, -0.2) is 4.98 Å². The molecule has 3 N–H and O–H groups in total. The Morgan fingerprint density at radius 3 is 2.68 bits per heavy atom. The molecule has 0 aliphatic carbocycles. The highest BCUT2D eigenvalue weighted by Crippen LogP contribution is 2.44. The van der Waals surface area contributed by atoms with Crippen molar-refractivity contribution in [2.45, 2.75) is 32.9 Å². The van der Waals surface area contributed by atoms with E-state index in [1.54, 1.807) is 0 Å². The Labute approximate surface area is 136 Å². The molecule has 2 aromatic rings. The summed E-state index contributed by atoms with van der Waals surface area (Å²) in [6.45, 7) is 4.80. The van der Waals surface area contributed by atoms with Gasteiger partial charge in [0, 0.05) is 11.4 Å². The van der Waals surface area contributed by atoms with Gasteiger partial charge in [-0.05, 0) is 50.1 Å². The first-order valence-corrected chi connectivity index (χ1v) is 8.03. The van der Waals surface area contributed by atoms with Gasteiger partial charge in [0.15, 0.2) is 5.15 Å². The normalized spacial score (nSPS) is 16.5. The quantitative estimate of drug-likeness (QED) is 0.841. The van der Waals surface area contributed by atoms with Crippen LogP contribution in [0.5, 0.6) is 0 Å². The maximum absolute atomic E-state index is 6.30. The van der Waals surface area contributed by atoms with Crippen molar-refractivity contribution in [1.82, 2.24) is 4.98 Å². The van der Waals surface area contributed by atoms with Crippen LogP contribution in [0.3, 0.4) is 0 Å². The second kappa shape index (κ2) is 6.15. The molecule has 1 aliphatic heterocycles. The van der Waals surface area contributed by atoms with E-state index >= 15 is 0 Å². The van der Waals surface area contributed by atoms with Gasteiger partial charge in [0.25, 0.3) is 0 Å². The van der Waals surface area contributed by atoms with Gasteiger partial charge in [0.1, 0.15) is 6.17 Å². The molecule has 0 amide bonds. The van der Waals surface area contributed by atoms with Crippen LogP contribution in [0.1, 0.15) is 24.6 Å². The lowest BCUT2D eigenvalue weighted by molar-refractivity contribution is 0.728. The van der Waals surface area contributed by atoms with Crippen molar-refractivity contribution in [1.29, 1.82) is 0 Å². The first kappa shape index (κ1) is 15.1. The third-order valence-electron chi connectivity index (χ3n) is 4.00. The topological polar surface area (TPSA) is 54.2 Å². The van der Waals surface area contributed by atoms with E-state index < -0.39 is 0 Å². The minimum Gasteiger partial charge on any atom is -0.361 e. The number of fused-ring (bicyclic) bond motifs is 1. The summed E-state index contributed by atoms with van der Waals surface area (Å²) in [5, 5.41) is 4.02. The van der Waals surface area contributed by atoms with E-state index in [9.17, 15) is 0 Å². The number of aryl methyl sites for hydroxylation is 1. The summed E-state index contributed by atoms with van der Waals surface area (Å²) in [5.74, 6) is 0. The summed E-state index contributed by atoms with van der Waals surface area (Å²) in [4.78, 5) is 6.64. The Bertz CT molecular complexity index is 669. The Balaban J connectivity index is 2.02. The zero-order chi connectivity index (χ0) is 15.7. The van der Waals surface area contributed by atoms with Crippen molar-refractivity contribution in [2.24, 2.45) is 5.73 Å². The molecule has 1 aromatic carbocycles. The Morgan fingerprint density at radius 1 is 1.32 bits per heavy atom. The number of anilines is 3. The van der Waals surface area contributed by atoms with Gasteiger partial charge in [0.2, 0.25) is 0 Å². The van der Waals surface area contributed by atoms with Crippen LogP contribution >= 0.6 is 11.6 Å². The van der Waals surface area contributed by atoms with Gasteiger partial charge < -0.3 is 16.0 Å². The molecule has 0 saturated heterocycles. The molecule has 0 bridgehead atoms. The Morgan fingerprint density at radius 2 is 2.05 bits per heavy atom. The van der Waals surface area contributed by atoms with E-state index in [0.717, 1.165) is 35.6 Å². The average molecular weight is 317 g/mol. The number of hydrogen-bond acceptors (Lipinski definition) is 4. The highest BCUT2D eigenvalue weighted by Gasteiger charge is 2.31. The van der Waals surface area contributed by atoms with Crippen molar-refractivity contribution < 1.29 is 0 Å². The lowest BCUT2D eigenvalue weighted by Crippen LogP contribution is -2.30. The maximum Gasteiger partial charge on any atom is 0.154 e. The highest BCUT2D eigenvalue weighted by molar-refractivity contribution is 6.33. The summed E-state index contributed by atoms with van der Waals surface area (Å²) >= 11 is 6.30. The summed E-state index contributed by atoms with van der Waals surface area (Å²) in [7, 11) is 0. The van der Waals surface area contributed by atoms with E-state index in [-0.39, 0.29) is 6.17 Å². The number of nitrogens with zero attached hydrogens (tertiary/aromatic N) is 2. The second-order valence-corrected chi connectivity index (χ2v) is 5.95. The molecule has 0 saturated carbocycles. The van der Waals surface area contributed by atoms with E-state index in [4.69, 9.17) is 17.3 Å². The zero-order valence-corrected chi connectivity index (χ0v) is 13.7. The average Bonchev–Trinajstić information content (AvgIpc) is 2.87. The van der Waals surface area contributed by atoms with Crippen molar-refractivity contribution in [2.75, 3.05) is 16.8 Å². The fourth-order valence-corrected chi connectivity index (χ4v) is 3.22. The third kappa shape index (κ3) is 2.64. The van der Waals surface area contributed by atoms with Crippen molar-refractivity contribution in [3.8, 4) is 0 Å². The van der Waals surface area contributed by atoms with Gasteiger partial charge >= 0.3 is 0 Å². The summed E-state index contributed by atoms with van der Waals surface area (Å²) in [5.41, 5.74) is 11.0. The summed E-state index contributed by atoms with van der Waals surface area (Å²) in [6, 6.07) is 10.7. The number of aromatic nitrogens is 1.